The number of carbonyl (C=O) groups excluding carboxylic acids is 1. The third kappa shape index (κ3) is 1.84. The number of nitrogens with one attached hydrogen (secondary N) is 2. The van der Waals surface area contributed by atoms with Gasteiger partial charge in [0, 0.05) is 0 Å². The molecule has 0 bridgehead atoms. The lowest BCUT2D eigenvalue weighted by molar-refractivity contribution is -0.122. The first-order valence-electron chi connectivity index (χ1n) is 5.71. The first-order valence-corrected chi connectivity index (χ1v) is 7.26. The molecule has 5 nitrogen and oxygen atoms in total. The quantitative estimate of drug-likeness (QED) is 0.715. The van der Waals surface area contributed by atoms with E-state index >= 15 is 0 Å². The van der Waals surface area contributed by atoms with Gasteiger partial charge in [0.15, 0.2) is 0 Å². The van der Waals surface area contributed by atoms with E-state index in [1.54, 1.807) is 7.05 Å². The molecule has 0 aliphatic heterocycles. The minimum Gasteiger partial charge on any atom is -0.306 e. The van der Waals surface area contributed by atoms with E-state index in [0.717, 1.165) is 12.8 Å². The monoisotopic (exact) mass is 246 g/mol. The van der Waals surface area contributed by atoms with Gasteiger partial charge >= 0.3 is 0 Å². The summed E-state index contributed by atoms with van der Waals surface area (Å²) in [6.07, 6.45) is 2.96. The van der Waals surface area contributed by atoms with Gasteiger partial charge in [-0.1, -0.05) is 13.3 Å². The number of sulfonamides is 1. The summed E-state index contributed by atoms with van der Waals surface area (Å²) in [7, 11) is -1.70. The first-order chi connectivity index (χ1) is 7.46. The van der Waals surface area contributed by atoms with Gasteiger partial charge in [0.05, 0.1) is 5.25 Å². The topological polar surface area (TPSA) is 75.3 Å². The Hall–Kier alpha value is -0.620. The molecule has 2 aliphatic carbocycles. The lowest BCUT2D eigenvalue weighted by Gasteiger charge is -2.16. The predicted octanol–water partition coefficient (Wildman–Crippen LogP) is -0.0171. The Morgan fingerprint density at radius 3 is 2.44 bits per heavy atom. The van der Waals surface area contributed by atoms with Gasteiger partial charge in [0.1, 0.15) is 5.54 Å². The van der Waals surface area contributed by atoms with Crippen LogP contribution in [0.3, 0.4) is 0 Å². The molecule has 2 fully saturated rings. The lowest BCUT2D eigenvalue weighted by atomic mass is 10.1. The molecule has 0 aromatic carbocycles. The van der Waals surface area contributed by atoms with E-state index < -0.39 is 15.6 Å². The van der Waals surface area contributed by atoms with Gasteiger partial charge in [-0.15, -0.1) is 0 Å². The summed E-state index contributed by atoms with van der Waals surface area (Å²) in [6, 6.07) is 0. The predicted molar refractivity (Wildman–Crippen MR) is 60.3 cm³/mol. The third-order valence-corrected chi connectivity index (χ3v) is 5.47. The van der Waals surface area contributed by atoms with Gasteiger partial charge in [-0.25, -0.2) is 8.42 Å². The highest BCUT2D eigenvalue weighted by Gasteiger charge is 2.59. The Balaban J connectivity index is 2.03. The van der Waals surface area contributed by atoms with Crippen molar-refractivity contribution in [3.63, 3.8) is 0 Å². The van der Waals surface area contributed by atoms with Gasteiger partial charge in [0.25, 0.3) is 5.91 Å². The van der Waals surface area contributed by atoms with Crippen molar-refractivity contribution in [2.45, 2.75) is 43.4 Å². The van der Waals surface area contributed by atoms with E-state index in [1.165, 1.54) is 0 Å². The van der Waals surface area contributed by atoms with E-state index in [2.05, 4.69) is 10.0 Å². The number of amides is 1. The van der Waals surface area contributed by atoms with Crippen molar-refractivity contribution >= 4 is 15.9 Å². The SMILES string of the molecule is CC[C@@H]1C[C@]1(NC)C(=O)NS(=O)(=O)C1CC1. The minimum absolute atomic E-state index is 0.256. The largest absolute Gasteiger partial charge is 0.306 e. The number of hydrogen-bond donors (Lipinski definition) is 2. The number of hydrogen-bond acceptors (Lipinski definition) is 4. The van der Waals surface area contributed by atoms with E-state index in [9.17, 15) is 13.2 Å². The molecule has 16 heavy (non-hydrogen) atoms. The van der Waals surface area contributed by atoms with Gasteiger partial charge in [-0.3, -0.25) is 9.52 Å². The third-order valence-electron chi connectivity index (χ3n) is 3.65. The highest BCUT2D eigenvalue weighted by Crippen LogP contribution is 2.46. The fourth-order valence-electron chi connectivity index (χ4n) is 2.20. The van der Waals surface area contributed by atoms with Crippen molar-refractivity contribution in [2.24, 2.45) is 5.92 Å². The second-order valence-corrected chi connectivity index (χ2v) is 6.67. The summed E-state index contributed by atoms with van der Waals surface area (Å²) >= 11 is 0. The Morgan fingerprint density at radius 2 is 2.06 bits per heavy atom. The van der Waals surface area contributed by atoms with Crippen LogP contribution in [0.5, 0.6) is 0 Å². The summed E-state index contributed by atoms with van der Waals surface area (Å²) < 4.78 is 25.5. The van der Waals surface area contributed by atoms with Crippen LogP contribution >= 0.6 is 0 Å². The molecule has 2 atom stereocenters. The second kappa shape index (κ2) is 3.70. The maximum Gasteiger partial charge on any atom is 0.254 e. The highest BCUT2D eigenvalue weighted by atomic mass is 32.2. The normalized spacial score (nSPS) is 33.5. The number of carbonyl (C=O) groups is 1. The lowest BCUT2D eigenvalue weighted by Crippen LogP contribution is -2.49. The Morgan fingerprint density at radius 1 is 1.44 bits per heavy atom. The second-order valence-electron chi connectivity index (χ2n) is 4.71. The fraction of sp³-hybridized carbons (Fsp3) is 0.900. The molecular formula is C10H18N2O3S. The molecule has 92 valence electrons. The molecule has 0 unspecified atom stereocenters. The summed E-state index contributed by atoms with van der Waals surface area (Å²) in [4.78, 5) is 11.9. The van der Waals surface area contributed by atoms with Crippen LogP contribution in [-0.4, -0.2) is 32.2 Å². The van der Waals surface area contributed by atoms with Gasteiger partial charge in [0.2, 0.25) is 10.0 Å². The van der Waals surface area contributed by atoms with Crippen LogP contribution in [0.4, 0.5) is 0 Å². The molecule has 0 radical (unpaired) electrons. The zero-order chi connectivity index (χ0) is 12.0. The maximum atomic E-state index is 11.9. The molecule has 1 amide bonds. The van der Waals surface area contributed by atoms with Crippen LogP contribution in [0.15, 0.2) is 0 Å². The van der Waals surface area contributed by atoms with Crippen LogP contribution < -0.4 is 10.0 Å². The van der Waals surface area contributed by atoms with Crippen LogP contribution in [0, 0.1) is 5.92 Å². The molecule has 0 aromatic heterocycles. The van der Waals surface area contributed by atoms with Crippen molar-refractivity contribution in [3.05, 3.63) is 0 Å². The average Bonchev–Trinajstić information content (AvgIpc) is 3.10. The van der Waals surface area contributed by atoms with E-state index in [4.69, 9.17) is 0 Å². The Bertz CT molecular complexity index is 402. The van der Waals surface area contributed by atoms with E-state index in [0.29, 0.717) is 12.8 Å². The van der Waals surface area contributed by atoms with Gasteiger partial charge in [-0.05, 0) is 32.2 Å². The van der Waals surface area contributed by atoms with Crippen LogP contribution in [-0.2, 0) is 14.8 Å². The van der Waals surface area contributed by atoms with Crippen molar-refractivity contribution < 1.29 is 13.2 Å². The fourth-order valence-corrected chi connectivity index (χ4v) is 3.57. The minimum atomic E-state index is -3.41. The van der Waals surface area contributed by atoms with Crippen molar-refractivity contribution in [2.75, 3.05) is 7.05 Å². The molecular weight excluding hydrogens is 228 g/mol. The molecule has 0 spiro atoms. The van der Waals surface area contributed by atoms with E-state index in [-0.39, 0.29) is 17.1 Å². The molecule has 0 saturated heterocycles. The molecule has 0 heterocycles. The van der Waals surface area contributed by atoms with E-state index in [1.807, 2.05) is 6.92 Å². The zero-order valence-corrected chi connectivity index (χ0v) is 10.4. The summed E-state index contributed by atoms with van der Waals surface area (Å²) in [6.45, 7) is 2.01. The smallest absolute Gasteiger partial charge is 0.254 e. The molecule has 0 aromatic rings. The van der Waals surface area contributed by atoms with Crippen molar-refractivity contribution in [1.82, 2.24) is 10.0 Å². The van der Waals surface area contributed by atoms with Crippen molar-refractivity contribution in [1.29, 1.82) is 0 Å². The highest BCUT2D eigenvalue weighted by molar-refractivity contribution is 7.90. The zero-order valence-electron chi connectivity index (χ0n) is 9.62. The molecule has 2 saturated carbocycles. The van der Waals surface area contributed by atoms with Gasteiger partial charge in [-0.2, -0.15) is 0 Å². The molecule has 2 aliphatic rings. The van der Waals surface area contributed by atoms with Crippen LogP contribution in [0.1, 0.15) is 32.6 Å². The van der Waals surface area contributed by atoms with Crippen LogP contribution in [0.25, 0.3) is 0 Å². The standard InChI is InChI=1S/C10H18N2O3S/c1-3-7-6-10(7,11-2)9(13)12-16(14,15)8-4-5-8/h7-8,11H,3-6H2,1-2H3,(H,12,13)/t7-,10-/m1/s1. The Kier molecular flexibility index (Phi) is 2.74. The van der Waals surface area contributed by atoms with Crippen LogP contribution in [0.2, 0.25) is 0 Å². The maximum absolute atomic E-state index is 11.9. The summed E-state index contributed by atoms with van der Waals surface area (Å²) in [5.41, 5.74) is -0.642. The number of rotatable bonds is 5. The van der Waals surface area contributed by atoms with Crippen molar-refractivity contribution in [3.8, 4) is 0 Å². The number of likely N-dealkylation sites (N-methyl/N-ethyl adjacent to an activating group) is 1. The Labute approximate surface area is 96.0 Å². The molecule has 6 heteroatoms. The first kappa shape index (κ1) is 11.9. The molecule has 2 N–H and O–H groups in total. The summed E-state index contributed by atoms with van der Waals surface area (Å²) in [5, 5.41) is 2.62. The van der Waals surface area contributed by atoms with Gasteiger partial charge < -0.3 is 5.32 Å². The average molecular weight is 246 g/mol. The molecule has 2 rings (SSSR count). The summed E-state index contributed by atoms with van der Waals surface area (Å²) in [5.74, 6) is -0.124.